The lowest BCUT2D eigenvalue weighted by atomic mass is 10.0. The summed E-state index contributed by atoms with van der Waals surface area (Å²) in [5.41, 5.74) is 2.83. The first-order valence-electron chi connectivity index (χ1n) is 17.2. The summed E-state index contributed by atoms with van der Waals surface area (Å²) in [4.78, 5) is 27.0. The Bertz CT molecular complexity index is 1680. The molecule has 2 amide bonds. The fraction of sp³-hybridized carbons (Fsp3) is 0.350. The number of amides is 2. The molecule has 11 heteroatoms. The Morgan fingerprint density at radius 2 is 1.08 bits per heavy atom. The van der Waals surface area contributed by atoms with Crippen LogP contribution in [0, 0.1) is 0 Å². The van der Waals surface area contributed by atoms with E-state index in [9.17, 15) is 14.2 Å². The highest BCUT2D eigenvalue weighted by Gasteiger charge is 2.38. The van der Waals surface area contributed by atoms with Crippen LogP contribution in [0.5, 0.6) is 11.5 Å². The van der Waals surface area contributed by atoms with Crippen molar-refractivity contribution in [3.8, 4) is 11.5 Å². The quantitative estimate of drug-likeness (QED) is 0.0989. The molecule has 4 rings (SSSR count). The average molecular weight is 717 g/mol. The molecule has 0 saturated carbocycles. The minimum absolute atomic E-state index is 0.105. The van der Waals surface area contributed by atoms with Crippen molar-refractivity contribution in [3.63, 3.8) is 0 Å². The maximum atomic E-state index is 14.2. The molecule has 2 N–H and O–H groups in total. The highest BCUT2D eigenvalue weighted by atomic mass is 31.2. The van der Waals surface area contributed by atoms with Crippen molar-refractivity contribution in [3.05, 3.63) is 131 Å². The van der Waals surface area contributed by atoms with Crippen molar-refractivity contribution >= 4 is 19.6 Å². The second kappa shape index (κ2) is 19.1. The summed E-state index contributed by atoms with van der Waals surface area (Å²) in [5, 5.41) is 5.61. The summed E-state index contributed by atoms with van der Waals surface area (Å²) >= 11 is 0. The van der Waals surface area contributed by atoms with Crippen LogP contribution in [0.1, 0.15) is 56.9 Å². The average Bonchev–Trinajstić information content (AvgIpc) is 3.10. The van der Waals surface area contributed by atoms with Crippen LogP contribution in [0.25, 0.3) is 0 Å². The van der Waals surface area contributed by atoms with Gasteiger partial charge in [0.05, 0.1) is 13.2 Å². The molecule has 2 atom stereocenters. The van der Waals surface area contributed by atoms with E-state index in [0.717, 1.165) is 22.3 Å². The molecule has 0 aliphatic heterocycles. The molecule has 0 aliphatic rings. The summed E-state index contributed by atoms with van der Waals surface area (Å²) in [6.45, 7) is 9.68. The van der Waals surface area contributed by atoms with Crippen molar-refractivity contribution in [2.24, 2.45) is 0 Å². The molecule has 51 heavy (non-hydrogen) atoms. The van der Waals surface area contributed by atoms with Gasteiger partial charge in [0.25, 0.3) is 0 Å². The summed E-state index contributed by atoms with van der Waals surface area (Å²) in [6.07, 6.45) is -0.502. The second-order valence-electron chi connectivity index (χ2n) is 12.8. The fourth-order valence-corrected chi connectivity index (χ4v) is 7.00. The highest BCUT2D eigenvalue weighted by molar-refractivity contribution is 7.54. The maximum absolute atomic E-state index is 14.2. The van der Waals surface area contributed by atoms with E-state index in [2.05, 4.69) is 10.6 Å². The van der Waals surface area contributed by atoms with Gasteiger partial charge in [-0.05, 0) is 81.1 Å². The van der Waals surface area contributed by atoms with Gasteiger partial charge in [0, 0.05) is 12.8 Å². The number of ether oxygens (including phenoxy) is 3. The molecule has 0 radical (unpaired) electrons. The number of nitrogens with one attached hydrogen (secondary N) is 2. The maximum Gasteiger partial charge on any atom is 0.408 e. The van der Waals surface area contributed by atoms with Crippen LogP contribution in [0.3, 0.4) is 0 Å². The summed E-state index contributed by atoms with van der Waals surface area (Å²) in [5.74, 6) is -0.302. The number of carbonyl (C=O) groups excluding carboxylic acids is 2. The van der Waals surface area contributed by atoms with Gasteiger partial charge >= 0.3 is 13.7 Å². The zero-order valence-corrected chi connectivity index (χ0v) is 30.9. The second-order valence-corrected chi connectivity index (χ2v) is 15.1. The highest BCUT2D eigenvalue weighted by Crippen LogP contribution is 2.53. The molecule has 0 aliphatic carbocycles. The SMILES string of the molecule is CCOP(=O)(OCC)C(Cc1ccc(OCc2ccccc2)cc1)NC(=O)[C@H](Cc1ccc(OCc2ccccc2)cc1)NC(=O)OC(C)(C)C. The van der Waals surface area contributed by atoms with Crippen LogP contribution < -0.4 is 20.1 Å². The third-order valence-corrected chi connectivity index (χ3v) is 9.84. The standard InChI is InChI=1S/C40H49N2O8P/c1-6-48-51(45,49-7-2)37(27-31-20-24-35(25-21-31)47-29-33-16-12-9-13-17-33)42-38(43)36(41-39(44)50-40(3,4)5)26-30-18-22-34(23-19-30)46-28-32-14-10-8-11-15-32/h8-25,36-37H,6-7,26-29H2,1-5H3,(H,41,44)(H,42,43)/t36-,37?/m0/s1. The lowest BCUT2D eigenvalue weighted by Crippen LogP contribution is -2.52. The van der Waals surface area contributed by atoms with E-state index < -0.39 is 37.0 Å². The van der Waals surface area contributed by atoms with E-state index in [4.69, 9.17) is 23.3 Å². The van der Waals surface area contributed by atoms with Gasteiger partial charge in [0.1, 0.15) is 42.1 Å². The molecule has 1 unspecified atom stereocenters. The van der Waals surface area contributed by atoms with Crippen LogP contribution in [-0.4, -0.2) is 42.6 Å². The first-order chi connectivity index (χ1) is 24.5. The Kier molecular flexibility index (Phi) is 14.7. The van der Waals surface area contributed by atoms with Crippen LogP contribution in [0.15, 0.2) is 109 Å². The van der Waals surface area contributed by atoms with Gasteiger partial charge in [-0.25, -0.2) is 4.79 Å². The van der Waals surface area contributed by atoms with Gasteiger partial charge in [-0.3, -0.25) is 9.36 Å². The summed E-state index contributed by atoms with van der Waals surface area (Å²) in [7, 11) is -3.87. The normalized spacial score (nSPS) is 12.7. The molecule has 272 valence electrons. The largest absolute Gasteiger partial charge is 0.489 e. The predicted molar refractivity (Wildman–Crippen MR) is 198 cm³/mol. The van der Waals surface area contributed by atoms with Crippen molar-refractivity contribution in [1.29, 1.82) is 0 Å². The van der Waals surface area contributed by atoms with Gasteiger partial charge in [0.15, 0.2) is 0 Å². The van der Waals surface area contributed by atoms with Crippen molar-refractivity contribution in [2.45, 2.75) is 78.1 Å². The van der Waals surface area contributed by atoms with Crippen LogP contribution in [-0.2, 0) is 49.2 Å². The molecular weight excluding hydrogens is 667 g/mol. The first-order valence-corrected chi connectivity index (χ1v) is 18.8. The Morgan fingerprint density at radius 1 is 0.627 bits per heavy atom. The lowest BCUT2D eigenvalue weighted by molar-refractivity contribution is -0.123. The van der Waals surface area contributed by atoms with Crippen molar-refractivity contribution < 1.29 is 37.4 Å². The van der Waals surface area contributed by atoms with Gasteiger partial charge < -0.3 is 33.9 Å². The molecule has 4 aromatic carbocycles. The smallest absolute Gasteiger partial charge is 0.408 e. The predicted octanol–water partition coefficient (Wildman–Crippen LogP) is 8.23. The van der Waals surface area contributed by atoms with Crippen LogP contribution in [0.2, 0.25) is 0 Å². The first kappa shape index (κ1) is 39.2. The molecule has 0 fully saturated rings. The number of hydrogen-bond acceptors (Lipinski definition) is 8. The lowest BCUT2D eigenvalue weighted by Gasteiger charge is -2.29. The van der Waals surface area contributed by atoms with E-state index in [0.29, 0.717) is 24.7 Å². The molecular formula is C40H49N2O8P. The van der Waals surface area contributed by atoms with Gasteiger partial charge in [-0.15, -0.1) is 0 Å². The molecule has 4 aromatic rings. The number of benzene rings is 4. The van der Waals surface area contributed by atoms with E-state index in [1.807, 2.05) is 109 Å². The Balaban J connectivity index is 1.52. The van der Waals surface area contributed by atoms with E-state index >= 15 is 0 Å². The third-order valence-electron chi connectivity index (χ3n) is 7.53. The minimum Gasteiger partial charge on any atom is -0.489 e. The van der Waals surface area contributed by atoms with Crippen LogP contribution >= 0.6 is 7.60 Å². The number of carbonyl (C=O) groups is 2. The summed E-state index contributed by atoms with van der Waals surface area (Å²) < 4.78 is 42.9. The van der Waals surface area contributed by atoms with E-state index in [-0.39, 0.29) is 26.1 Å². The molecule has 0 bridgehead atoms. The molecule has 0 spiro atoms. The zero-order valence-electron chi connectivity index (χ0n) is 30.0. The topological polar surface area (TPSA) is 121 Å². The Morgan fingerprint density at radius 3 is 1.51 bits per heavy atom. The van der Waals surface area contributed by atoms with E-state index in [1.165, 1.54) is 0 Å². The molecule has 0 heterocycles. The zero-order chi connectivity index (χ0) is 36.7. The van der Waals surface area contributed by atoms with Crippen molar-refractivity contribution in [1.82, 2.24) is 10.6 Å². The molecule has 10 nitrogen and oxygen atoms in total. The Hall–Kier alpha value is -4.63. The van der Waals surface area contributed by atoms with Gasteiger partial charge in [-0.1, -0.05) is 84.9 Å². The monoisotopic (exact) mass is 716 g/mol. The van der Waals surface area contributed by atoms with Crippen LogP contribution in [0.4, 0.5) is 4.79 Å². The van der Waals surface area contributed by atoms with Gasteiger partial charge in [-0.2, -0.15) is 0 Å². The number of hydrogen-bond donors (Lipinski definition) is 2. The Labute approximate surface area is 301 Å². The van der Waals surface area contributed by atoms with Crippen molar-refractivity contribution in [2.75, 3.05) is 13.2 Å². The fourth-order valence-electron chi connectivity index (χ4n) is 5.13. The number of rotatable bonds is 18. The molecule has 0 saturated heterocycles. The third kappa shape index (κ3) is 13.2. The minimum atomic E-state index is -3.87. The number of alkyl carbamates (subject to hydrolysis) is 1. The summed E-state index contributed by atoms with van der Waals surface area (Å²) in [6, 6.07) is 33.2. The van der Waals surface area contributed by atoms with Gasteiger partial charge in [0.2, 0.25) is 5.91 Å². The molecule has 0 aromatic heterocycles. The van der Waals surface area contributed by atoms with E-state index in [1.54, 1.807) is 34.6 Å².